The number of hydrogen-bond donors (Lipinski definition) is 4. The van der Waals surface area contributed by atoms with E-state index < -0.39 is 0 Å². The zero-order valence-corrected chi connectivity index (χ0v) is 22.4. The average Bonchev–Trinajstić information content (AvgIpc) is 2.70. The lowest BCUT2D eigenvalue weighted by Crippen LogP contribution is -2.63. The Morgan fingerprint density at radius 2 is 0.824 bits per heavy atom. The van der Waals surface area contributed by atoms with Crippen molar-refractivity contribution >= 4 is 34.7 Å². The highest BCUT2D eigenvalue weighted by molar-refractivity contribution is 7.80. The molecule has 0 radical (unpaired) electrons. The molecule has 0 heterocycles. The summed E-state index contributed by atoms with van der Waals surface area (Å²) in [4.78, 5) is 0. The molecule has 9 aliphatic rings. The fourth-order valence-electron chi connectivity index (χ4n) is 10.9. The maximum Gasteiger partial charge on any atom is 0.166 e. The maximum atomic E-state index is 5.89. The Balaban J connectivity index is 0.909. The maximum absolute atomic E-state index is 5.89. The molecule has 8 bridgehead atoms. The average molecular weight is 501 g/mol. The quantitative estimate of drug-likeness (QED) is 0.400. The van der Waals surface area contributed by atoms with Gasteiger partial charge in [-0.3, -0.25) is 0 Å². The van der Waals surface area contributed by atoms with E-state index in [9.17, 15) is 0 Å². The monoisotopic (exact) mass is 500 g/mol. The summed E-state index contributed by atoms with van der Waals surface area (Å²) in [5.41, 5.74) is 0.600. The van der Waals surface area contributed by atoms with Gasteiger partial charge < -0.3 is 21.3 Å². The van der Waals surface area contributed by atoms with Crippen LogP contribution >= 0.6 is 24.4 Å². The molecule has 4 nitrogen and oxygen atoms in total. The summed E-state index contributed by atoms with van der Waals surface area (Å²) < 4.78 is 0. The zero-order chi connectivity index (χ0) is 22.9. The minimum atomic E-state index is 0.300. The Hall–Kier alpha value is -0.620. The first-order chi connectivity index (χ1) is 16.4. The lowest BCUT2D eigenvalue weighted by molar-refractivity contribution is -0.0103. The Kier molecular flexibility index (Phi) is 5.62. The SMILES string of the molecule is S=C(NC1CCCC(NC(=S)NC23CC4CC(CC(C4)C2)C3)C1)NC12CC3CC(CC(C3)C1)C2. The van der Waals surface area contributed by atoms with Crippen molar-refractivity contribution in [2.75, 3.05) is 0 Å². The molecule has 2 unspecified atom stereocenters. The first kappa shape index (κ1) is 22.6. The van der Waals surface area contributed by atoms with E-state index >= 15 is 0 Å². The van der Waals surface area contributed by atoms with Gasteiger partial charge in [0.1, 0.15) is 0 Å². The van der Waals surface area contributed by atoms with Crippen LogP contribution in [0.25, 0.3) is 0 Å². The van der Waals surface area contributed by atoms with Crippen molar-refractivity contribution in [2.24, 2.45) is 35.5 Å². The lowest BCUT2D eigenvalue weighted by atomic mass is 9.53. The summed E-state index contributed by atoms with van der Waals surface area (Å²) in [5.74, 6) is 5.71. The van der Waals surface area contributed by atoms with Crippen LogP contribution in [0, 0.1) is 35.5 Å². The predicted octanol–water partition coefficient (Wildman–Crippen LogP) is 5.16. The van der Waals surface area contributed by atoms with Gasteiger partial charge in [-0.15, -0.1) is 0 Å². The highest BCUT2D eigenvalue weighted by atomic mass is 32.1. The normalized spacial score (nSPS) is 50.1. The molecule has 2 atom stereocenters. The standard InChI is InChI=1S/C28H44N4S2/c33-25(31-27-11-17-4-18(12-27)6-19(5-17)13-27)29-23-2-1-3-24(10-23)30-26(34)32-28-14-20-7-21(15-28)9-22(8-20)16-28/h17-24H,1-16H2,(H2,29,31,33)(H2,30,32,34). The summed E-state index contributed by atoms with van der Waals surface area (Å²) >= 11 is 11.8. The molecule has 0 aromatic heterocycles. The molecule has 0 amide bonds. The van der Waals surface area contributed by atoms with Gasteiger partial charge >= 0.3 is 0 Å². The van der Waals surface area contributed by atoms with Crippen molar-refractivity contribution in [3.63, 3.8) is 0 Å². The molecule has 9 saturated carbocycles. The molecule has 9 aliphatic carbocycles. The van der Waals surface area contributed by atoms with Gasteiger partial charge in [0.25, 0.3) is 0 Å². The molecule has 4 N–H and O–H groups in total. The molecule has 9 fully saturated rings. The van der Waals surface area contributed by atoms with Crippen molar-refractivity contribution in [3.05, 3.63) is 0 Å². The molecule has 0 spiro atoms. The summed E-state index contributed by atoms with van der Waals surface area (Å²) in [6.45, 7) is 0. The van der Waals surface area contributed by atoms with E-state index in [1.54, 1.807) is 0 Å². The van der Waals surface area contributed by atoms with E-state index in [2.05, 4.69) is 21.3 Å². The molecule has 0 aromatic carbocycles. The van der Waals surface area contributed by atoms with E-state index in [-0.39, 0.29) is 0 Å². The van der Waals surface area contributed by atoms with Gasteiger partial charge in [0.15, 0.2) is 10.2 Å². The second-order valence-corrected chi connectivity index (χ2v) is 15.0. The summed E-state index contributed by atoms with van der Waals surface area (Å²) in [5, 5.41) is 17.1. The molecule has 9 rings (SSSR count). The Morgan fingerprint density at radius 1 is 0.500 bits per heavy atom. The topological polar surface area (TPSA) is 48.1 Å². The molecular formula is C28H44N4S2. The van der Waals surface area contributed by atoms with Crippen molar-refractivity contribution in [3.8, 4) is 0 Å². The second-order valence-electron chi connectivity index (χ2n) is 14.2. The number of nitrogens with one attached hydrogen (secondary N) is 4. The van der Waals surface area contributed by atoms with Gasteiger partial charge in [0.2, 0.25) is 0 Å². The summed E-state index contributed by atoms with van der Waals surface area (Å²) in [6, 6.07) is 0.921. The lowest BCUT2D eigenvalue weighted by Gasteiger charge is -2.57. The van der Waals surface area contributed by atoms with Crippen molar-refractivity contribution in [2.45, 2.75) is 126 Å². The molecule has 34 heavy (non-hydrogen) atoms. The second kappa shape index (κ2) is 8.46. The summed E-state index contributed by atoms with van der Waals surface area (Å²) in [6.07, 6.45) is 21.8. The molecule has 0 aromatic rings. The third kappa shape index (κ3) is 4.37. The fourth-order valence-corrected chi connectivity index (χ4v) is 11.7. The van der Waals surface area contributed by atoms with E-state index in [1.165, 1.54) is 96.3 Å². The smallest absolute Gasteiger partial charge is 0.166 e. The third-order valence-electron chi connectivity index (χ3n) is 11.2. The van der Waals surface area contributed by atoms with Crippen LogP contribution in [-0.4, -0.2) is 33.4 Å². The van der Waals surface area contributed by atoms with Gasteiger partial charge in [-0.05, 0) is 163 Å². The van der Waals surface area contributed by atoms with Crippen molar-refractivity contribution in [1.29, 1.82) is 0 Å². The van der Waals surface area contributed by atoms with Crippen LogP contribution in [0.2, 0.25) is 0 Å². The molecular weight excluding hydrogens is 456 g/mol. The minimum Gasteiger partial charge on any atom is -0.360 e. The highest BCUT2D eigenvalue weighted by Gasteiger charge is 2.52. The van der Waals surface area contributed by atoms with Crippen LogP contribution in [0.5, 0.6) is 0 Å². The van der Waals surface area contributed by atoms with Crippen molar-refractivity contribution in [1.82, 2.24) is 21.3 Å². The van der Waals surface area contributed by atoms with Crippen LogP contribution in [0.15, 0.2) is 0 Å². The highest BCUT2D eigenvalue weighted by Crippen LogP contribution is 2.56. The van der Waals surface area contributed by atoms with Gasteiger partial charge in [0, 0.05) is 23.2 Å². The Bertz CT molecular complexity index is 704. The zero-order valence-electron chi connectivity index (χ0n) is 20.7. The number of hydrogen-bond acceptors (Lipinski definition) is 2. The number of rotatable bonds is 4. The van der Waals surface area contributed by atoms with Crippen LogP contribution in [0.1, 0.15) is 103 Å². The number of thiocarbonyl (C=S) groups is 2. The van der Waals surface area contributed by atoms with Gasteiger partial charge in [-0.25, -0.2) is 0 Å². The first-order valence-electron chi connectivity index (χ1n) is 14.6. The fraction of sp³-hybridized carbons (Fsp3) is 0.929. The minimum absolute atomic E-state index is 0.300. The molecule has 6 heteroatoms. The van der Waals surface area contributed by atoms with Crippen LogP contribution < -0.4 is 21.3 Å². The van der Waals surface area contributed by atoms with Gasteiger partial charge in [-0.1, -0.05) is 0 Å². The summed E-state index contributed by atoms with van der Waals surface area (Å²) in [7, 11) is 0. The van der Waals surface area contributed by atoms with Crippen LogP contribution in [0.4, 0.5) is 0 Å². The largest absolute Gasteiger partial charge is 0.360 e. The van der Waals surface area contributed by atoms with E-state index in [4.69, 9.17) is 24.4 Å². The van der Waals surface area contributed by atoms with E-state index in [0.29, 0.717) is 23.2 Å². The van der Waals surface area contributed by atoms with E-state index in [0.717, 1.165) is 52.2 Å². The molecule has 188 valence electrons. The first-order valence-corrected chi connectivity index (χ1v) is 15.4. The van der Waals surface area contributed by atoms with Crippen LogP contribution in [-0.2, 0) is 0 Å². The third-order valence-corrected chi connectivity index (χ3v) is 11.6. The van der Waals surface area contributed by atoms with E-state index in [1.807, 2.05) is 0 Å². The molecule has 0 aliphatic heterocycles. The molecule has 0 saturated heterocycles. The van der Waals surface area contributed by atoms with Gasteiger partial charge in [0.05, 0.1) is 0 Å². The Morgan fingerprint density at radius 3 is 1.15 bits per heavy atom. The van der Waals surface area contributed by atoms with Crippen LogP contribution in [0.3, 0.4) is 0 Å². The van der Waals surface area contributed by atoms with Gasteiger partial charge in [-0.2, -0.15) is 0 Å². The predicted molar refractivity (Wildman–Crippen MR) is 146 cm³/mol. The Labute approximate surface area is 216 Å². The van der Waals surface area contributed by atoms with Crippen molar-refractivity contribution < 1.29 is 0 Å².